The third-order valence-electron chi connectivity index (χ3n) is 2.99. The van der Waals surface area contributed by atoms with E-state index in [1.165, 1.54) is 21.2 Å². The monoisotopic (exact) mass is 309 g/mol. The lowest BCUT2D eigenvalue weighted by Gasteiger charge is -2.18. The van der Waals surface area contributed by atoms with E-state index in [0.717, 1.165) is 11.8 Å². The lowest BCUT2D eigenvalue weighted by molar-refractivity contribution is 0.670. The first-order valence-corrected chi connectivity index (χ1v) is 7.66. The van der Waals surface area contributed by atoms with Crippen molar-refractivity contribution in [3.05, 3.63) is 41.8 Å². The molecule has 0 saturated carbocycles. The van der Waals surface area contributed by atoms with E-state index < -0.39 is 0 Å². The van der Waals surface area contributed by atoms with Crippen molar-refractivity contribution in [3.8, 4) is 0 Å². The zero-order chi connectivity index (χ0) is 12.3. The maximum atomic E-state index is 4.23. The lowest BCUT2D eigenvalue weighted by Crippen LogP contribution is -2.26. The molecule has 1 N–H and O–H groups in total. The van der Waals surface area contributed by atoms with E-state index in [1.807, 2.05) is 7.05 Å². The van der Waals surface area contributed by atoms with Gasteiger partial charge in [0.25, 0.3) is 0 Å². The molecule has 90 valence electrons. The first-order valence-electron chi connectivity index (χ1n) is 5.66. The van der Waals surface area contributed by atoms with Crippen LogP contribution in [0.3, 0.4) is 0 Å². The van der Waals surface area contributed by atoms with E-state index in [0.29, 0.717) is 6.04 Å². The fourth-order valence-electron chi connectivity index (χ4n) is 1.97. The molecular formula is C14H16BrNS. The van der Waals surface area contributed by atoms with Gasteiger partial charge >= 0.3 is 0 Å². The second kappa shape index (κ2) is 5.80. The van der Waals surface area contributed by atoms with Gasteiger partial charge in [-0.1, -0.05) is 28.6 Å². The molecule has 2 aromatic rings. The van der Waals surface area contributed by atoms with E-state index in [-0.39, 0.29) is 0 Å². The number of fused-ring (bicyclic) bond motifs is 1. The highest BCUT2D eigenvalue weighted by atomic mass is 79.9. The topological polar surface area (TPSA) is 12.0 Å². The molecule has 17 heavy (non-hydrogen) atoms. The Kier molecular flexibility index (Phi) is 4.37. The van der Waals surface area contributed by atoms with Crippen molar-refractivity contribution in [3.63, 3.8) is 0 Å². The van der Waals surface area contributed by atoms with Gasteiger partial charge in [0.15, 0.2) is 0 Å². The highest BCUT2D eigenvalue weighted by Gasteiger charge is 2.11. The molecule has 0 fully saturated rings. The summed E-state index contributed by atoms with van der Waals surface area (Å²) in [5.74, 6) is 0. The summed E-state index contributed by atoms with van der Waals surface area (Å²) in [5, 5.41) is 7.74. The summed E-state index contributed by atoms with van der Waals surface area (Å²) >= 11 is 5.27. The molecule has 2 rings (SSSR count). The molecule has 1 aromatic heterocycles. The van der Waals surface area contributed by atoms with Gasteiger partial charge in [-0.15, -0.1) is 11.3 Å². The predicted octanol–water partition coefficient (Wildman–Crippen LogP) is 4.29. The molecule has 0 aliphatic carbocycles. The summed E-state index contributed by atoms with van der Waals surface area (Å²) in [6, 6.07) is 9.08. The first-order chi connectivity index (χ1) is 8.26. The zero-order valence-electron chi connectivity index (χ0n) is 9.87. The molecule has 1 heterocycles. The number of rotatable bonds is 5. The molecule has 0 saturated heterocycles. The van der Waals surface area contributed by atoms with Crippen molar-refractivity contribution in [2.24, 2.45) is 0 Å². The SMILES string of the molecule is C=C(c1ccc2sccc2c1)C(CCBr)NC. The Morgan fingerprint density at radius 3 is 3.00 bits per heavy atom. The quantitative estimate of drug-likeness (QED) is 0.813. The van der Waals surface area contributed by atoms with Crippen LogP contribution in [0.15, 0.2) is 36.2 Å². The van der Waals surface area contributed by atoms with E-state index in [9.17, 15) is 0 Å². The smallest absolute Gasteiger partial charge is 0.0343 e. The first kappa shape index (κ1) is 12.8. The predicted molar refractivity (Wildman–Crippen MR) is 82.1 cm³/mol. The van der Waals surface area contributed by atoms with Crippen molar-refractivity contribution in [2.75, 3.05) is 12.4 Å². The number of thiophene rings is 1. The summed E-state index contributed by atoms with van der Waals surface area (Å²) in [5.41, 5.74) is 2.40. The van der Waals surface area contributed by atoms with E-state index in [4.69, 9.17) is 0 Å². The van der Waals surface area contributed by atoms with Crippen molar-refractivity contribution in [1.29, 1.82) is 0 Å². The minimum atomic E-state index is 0.338. The molecular weight excluding hydrogens is 294 g/mol. The van der Waals surface area contributed by atoms with Gasteiger partial charge < -0.3 is 5.32 Å². The number of hydrogen-bond acceptors (Lipinski definition) is 2. The van der Waals surface area contributed by atoms with E-state index in [1.54, 1.807) is 11.3 Å². The Bertz CT molecular complexity index is 518. The van der Waals surface area contributed by atoms with Crippen molar-refractivity contribution < 1.29 is 0 Å². The number of benzene rings is 1. The fourth-order valence-corrected chi connectivity index (χ4v) is 3.20. The molecule has 3 heteroatoms. The van der Waals surface area contributed by atoms with Crippen LogP contribution < -0.4 is 5.32 Å². The second-order valence-corrected chi connectivity index (χ2v) is 5.76. The van der Waals surface area contributed by atoms with Gasteiger partial charge in [-0.3, -0.25) is 0 Å². The average Bonchev–Trinajstić information content (AvgIpc) is 2.82. The van der Waals surface area contributed by atoms with Gasteiger partial charge in [0.1, 0.15) is 0 Å². The molecule has 0 aliphatic heterocycles. The summed E-state index contributed by atoms with van der Waals surface area (Å²) in [7, 11) is 1.99. The molecule has 0 aliphatic rings. The van der Waals surface area contributed by atoms with Crippen molar-refractivity contribution in [1.82, 2.24) is 5.32 Å². The van der Waals surface area contributed by atoms with Gasteiger partial charge in [0, 0.05) is 16.1 Å². The Labute approximate surface area is 115 Å². The lowest BCUT2D eigenvalue weighted by atomic mass is 9.97. The number of hydrogen-bond donors (Lipinski definition) is 1. The summed E-state index contributed by atoms with van der Waals surface area (Å²) in [4.78, 5) is 0. The Morgan fingerprint density at radius 2 is 2.29 bits per heavy atom. The third-order valence-corrected chi connectivity index (χ3v) is 4.35. The largest absolute Gasteiger partial charge is 0.313 e. The molecule has 0 bridgehead atoms. The van der Waals surface area contributed by atoms with Crippen LogP contribution in [0.5, 0.6) is 0 Å². The van der Waals surface area contributed by atoms with Gasteiger partial charge in [-0.25, -0.2) is 0 Å². The molecule has 0 spiro atoms. The minimum Gasteiger partial charge on any atom is -0.313 e. The van der Waals surface area contributed by atoms with Gasteiger partial charge in [0.05, 0.1) is 0 Å². The highest BCUT2D eigenvalue weighted by Crippen LogP contribution is 2.26. The van der Waals surface area contributed by atoms with Crippen molar-refractivity contribution in [2.45, 2.75) is 12.5 Å². The summed E-state index contributed by atoms with van der Waals surface area (Å²) < 4.78 is 1.34. The minimum absolute atomic E-state index is 0.338. The number of nitrogens with one attached hydrogen (secondary N) is 1. The van der Waals surface area contributed by atoms with Gasteiger partial charge in [0.2, 0.25) is 0 Å². The maximum Gasteiger partial charge on any atom is 0.0343 e. The van der Waals surface area contributed by atoms with Crippen LogP contribution in [0.2, 0.25) is 0 Å². The molecule has 0 amide bonds. The Morgan fingerprint density at radius 1 is 1.47 bits per heavy atom. The molecule has 1 unspecified atom stereocenters. The van der Waals surface area contributed by atoms with Crippen molar-refractivity contribution >= 4 is 42.9 Å². The number of alkyl halides is 1. The van der Waals surface area contributed by atoms with Gasteiger partial charge in [-0.2, -0.15) is 0 Å². The molecule has 1 atom stereocenters. The van der Waals surface area contributed by atoms with Gasteiger partial charge in [-0.05, 0) is 53.6 Å². The fraction of sp³-hybridized carbons (Fsp3) is 0.286. The zero-order valence-corrected chi connectivity index (χ0v) is 12.3. The van der Waals surface area contributed by atoms with Crippen LogP contribution >= 0.6 is 27.3 Å². The molecule has 1 aromatic carbocycles. The van der Waals surface area contributed by atoms with Crippen LogP contribution in [0.25, 0.3) is 15.7 Å². The van der Waals surface area contributed by atoms with Crippen LogP contribution in [-0.2, 0) is 0 Å². The third kappa shape index (κ3) is 2.79. The summed E-state index contributed by atoms with van der Waals surface area (Å²) in [6.45, 7) is 4.23. The van der Waals surface area contributed by atoms with Crippen LogP contribution in [0, 0.1) is 0 Å². The van der Waals surface area contributed by atoms with E-state index >= 15 is 0 Å². The maximum absolute atomic E-state index is 4.23. The van der Waals surface area contributed by atoms with Crippen LogP contribution in [0.1, 0.15) is 12.0 Å². The molecule has 0 radical (unpaired) electrons. The Balaban J connectivity index is 2.28. The average molecular weight is 310 g/mol. The van der Waals surface area contributed by atoms with Crippen LogP contribution in [0.4, 0.5) is 0 Å². The molecule has 1 nitrogen and oxygen atoms in total. The van der Waals surface area contributed by atoms with E-state index in [2.05, 4.69) is 57.5 Å². The standard InChI is InChI=1S/C14H16BrNS/c1-10(13(16-2)5-7-15)11-3-4-14-12(9-11)6-8-17-14/h3-4,6,8-9,13,16H,1,5,7H2,2H3. The highest BCUT2D eigenvalue weighted by molar-refractivity contribution is 9.09. The normalized spacial score (nSPS) is 12.8. The van der Waals surface area contributed by atoms with Crippen LogP contribution in [-0.4, -0.2) is 18.4 Å². The Hall–Kier alpha value is -0.640. The number of halogens is 1. The summed E-state index contributed by atoms with van der Waals surface area (Å²) in [6.07, 6.45) is 1.05. The number of likely N-dealkylation sites (N-methyl/N-ethyl adjacent to an activating group) is 1. The second-order valence-electron chi connectivity index (χ2n) is 4.02.